The molecule has 0 radical (unpaired) electrons. The van der Waals surface area contributed by atoms with Crippen LogP contribution < -0.4 is 5.32 Å². The molecular weight excluding hydrogens is 326 g/mol. The predicted molar refractivity (Wildman–Crippen MR) is 90.2 cm³/mol. The van der Waals surface area contributed by atoms with Gasteiger partial charge in [0.25, 0.3) is 5.91 Å². The van der Waals surface area contributed by atoms with Crippen molar-refractivity contribution in [2.45, 2.75) is 32.6 Å². The van der Waals surface area contributed by atoms with Crippen molar-refractivity contribution >= 4 is 22.4 Å². The van der Waals surface area contributed by atoms with Crippen molar-refractivity contribution < 1.29 is 4.79 Å². The summed E-state index contributed by atoms with van der Waals surface area (Å²) < 4.78 is 1.49. The van der Waals surface area contributed by atoms with Crippen LogP contribution in [-0.2, 0) is 6.42 Å². The second-order valence-corrected chi connectivity index (χ2v) is 6.28. The summed E-state index contributed by atoms with van der Waals surface area (Å²) in [5.41, 5.74) is 1.22. The lowest BCUT2D eigenvalue weighted by atomic mass is 10.2. The van der Waals surface area contributed by atoms with Crippen LogP contribution in [0.3, 0.4) is 0 Å². The number of carbonyl (C=O) groups excluding carboxylic acids is 1. The second kappa shape index (κ2) is 7.73. The molecule has 0 spiro atoms. The van der Waals surface area contributed by atoms with Crippen molar-refractivity contribution in [3.63, 3.8) is 0 Å². The number of unbranched alkanes of at least 4 members (excludes halogenated alkanes) is 2. The van der Waals surface area contributed by atoms with Gasteiger partial charge in [0.2, 0.25) is 5.13 Å². The van der Waals surface area contributed by atoms with Gasteiger partial charge >= 0.3 is 0 Å². The standard InChI is InChI=1S/C15H17N7OS/c1-2-3-4-8-13-18-19-15(24-13)17-14(23)11-6-5-7-12(9-11)22-10-16-20-21-22/h5-7,9-10H,2-4,8H2,1H3,(H,17,19,23). The van der Waals surface area contributed by atoms with Gasteiger partial charge in [-0.05, 0) is 35.0 Å². The molecule has 3 rings (SSSR count). The molecule has 24 heavy (non-hydrogen) atoms. The Bertz CT molecular complexity index is 800. The highest BCUT2D eigenvalue weighted by Gasteiger charge is 2.11. The van der Waals surface area contributed by atoms with Crippen LogP contribution in [-0.4, -0.2) is 36.3 Å². The molecule has 1 aromatic carbocycles. The highest BCUT2D eigenvalue weighted by atomic mass is 32.1. The molecule has 0 aliphatic carbocycles. The van der Waals surface area contributed by atoms with Gasteiger partial charge in [0.05, 0.1) is 5.69 Å². The Labute approximate surface area is 142 Å². The summed E-state index contributed by atoms with van der Waals surface area (Å²) in [5.74, 6) is -0.235. The van der Waals surface area contributed by atoms with Crippen molar-refractivity contribution in [1.82, 2.24) is 30.4 Å². The average molecular weight is 343 g/mol. The summed E-state index contributed by atoms with van der Waals surface area (Å²) in [6.07, 6.45) is 5.80. The molecule has 3 aromatic rings. The second-order valence-electron chi connectivity index (χ2n) is 5.22. The number of nitrogens with zero attached hydrogens (tertiary/aromatic N) is 6. The molecule has 124 valence electrons. The molecule has 0 aliphatic heterocycles. The normalized spacial score (nSPS) is 10.7. The lowest BCUT2D eigenvalue weighted by Crippen LogP contribution is -2.12. The number of aromatic nitrogens is 6. The Morgan fingerprint density at radius 2 is 2.21 bits per heavy atom. The van der Waals surface area contributed by atoms with Crippen LogP contribution in [0.4, 0.5) is 5.13 Å². The molecule has 0 fully saturated rings. The summed E-state index contributed by atoms with van der Waals surface area (Å²) in [5, 5.41) is 23.4. The van der Waals surface area contributed by atoms with Crippen LogP contribution in [0, 0.1) is 0 Å². The molecule has 2 heterocycles. The summed E-state index contributed by atoms with van der Waals surface area (Å²) in [6.45, 7) is 2.16. The summed E-state index contributed by atoms with van der Waals surface area (Å²) >= 11 is 1.42. The Morgan fingerprint density at radius 1 is 1.29 bits per heavy atom. The SMILES string of the molecule is CCCCCc1nnc(NC(=O)c2cccc(-n3cnnn3)c2)s1. The molecule has 0 saturated heterocycles. The van der Waals surface area contributed by atoms with Crippen LogP contribution in [0.15, 0.2) is 30.6 Å². The van der Waals surface area contributed by atoms with E-state index in [9.17, 15) is 4.79 Å². The summed E-state index contributed by atoms with van der Waals surface area (Å²) in [6, 6.07) is 7.05. The third-order valence-electron chi connectivity index (χ3n) is 3.40. The van der Waals surface area contributed by atoms with Crippen molar-refractivity contribution in [3.05, 3.63) is 41.2 Å². The van der Waals surface area contributed by atoms with Gasteiger partial charge in [-0.3, -0.25) is 10.1 Å². The van der Waals surface area contributed by atoms with Gasteiger partial charge in [0, 0.05) is 12.0 Å². The molecule has 2 aromatic heterocycles. The van der Waals surface area contributed by atoms with Crippen molar-refractivity contribution in [2.24, 2.45) is 0 Å². The van der Waals surface area contributed by atoms with Crippen molar-refractivity contribution in [2.75, 3.05) is 5.32 Å². The molecule has 0 bridgehead atoms. The van der Waals surface area contributed by atoms with E-state index in [-0.39, 0.29) is 5.91 Å². The third-order valence-corrected chi connectivity index (χ3v) is 4.30. The topological polar surface area (TPSA) is 98.5 Å². The van der Waals surface area contributed by atoms with E-state index in [1.165, 1.54) is 35.2 Å². The van der Waals surface area contributed by atoms with Crippen LogP contribution in [0.2, 0.25) is 0 Å². The first-order valence-electron chi connectivity index (χ1n) is 7.73. The first-order valence-corrected chi connectivity index (χ1v) is 8.55. The minimum Gasteiger partial charge on any atom is -0.296 e. The Kier molecular flexibility index (Phi) is 5.22. The summed E-state index contributed by atoms with van der Waals surface area (Å²) in [4.78, 5) is 12.4. The number of benzene rings is 1. The minimum absolute atomic E-state index is 0.235. The zero-order valence-corrected chi connectivity index (χ0v) is 14.0. The van der Waals surface area contributed by atoms with Crippen molar-refractivity contribution in [1.29, 1.82) is 0 Å². The van der Waals surface area contributed by atoms with Gasteiger partial charge in [-0.25, -0.2) is 4.68 Å². The van der Waals surface area contributed by atoms with Crippen LogP contribution in [0.25, 0.3) is 5.69 Å². The number of carbonyl (C=O) groups is 1. The van der Waals surface area contributed by atoms with E-state index in [0.29, 0.717) is 16.4 Å². The number of aryl methyl sites for hydroxylation is 1. The molecule has 1 N–H and O–H groups in total. The van der Waals surface area contributed by atoms with Crippen molar-refractivity contribution in [3.8, 4) is 5.69 Å². The maximum atomic E-state index is 12.4. The van der Waals surface area contributed by atoms with E-state index in [1.807, 2.05) is 6.07 Å². The fraction of sp³-hybridized carbons (Fsp3) is 0.333. The minimum atomic E-state index is -0.235. The Hall–Kier alpha value is -2.68. The fourth-order valence-corrected chi connectivity index (χ4v) is 2.95. The molecule has 1 amide bonds. The quantitative estimate of drug-likeness (QED) is 0.662. The molecule has 9 heteroatoms. The number of amides is 1. The molecular formula is C15H17N7OS. The molecule has 0 unspecified atom stereocenters. The van der Waals surface area contributed by atoms with Gasteiger partial charge in [-0.15, -0.1) is 15.3 Å². The van der Waals surface area contributed by atoms with Gasteiger partial charge in [0.1, 0.15) is 11.3 Å². The largest absolute Gasteiger partial charge is 0.296 e. The number of hydrogen-bond acceptors (Lipinski definition) is 7. The van der Waals surface area contributed by atoms with Gasteiger partial charge < -0.3 is 0 Å². The monoisotopic (exact) mass is 343 g/mol. The van der Waals surface area contributed by atoms with E-state index in [0.717, 1.165) is 17.8 Å². The molecule has 8 nitrogen and oxygen atoms in total. The number of tetrazole rings is 1. The van der Waals surface area contributed by atoms with Gasteiger partial charge in [-0.2, -0.15) is 0 Å². The average Bonchev–Trinajstić information content (AvgIpc) is 3.27. The van der Waals surface area contributed by atoms with E-state index >= 15 is 0 Å². The first-order chi connectivity index (χ1) is 11.8. The molecule has 0 saturated carbocycles. The number of anilines is 1. The summed E-state index contributed by atoms with van der Waals surface area (Å²) in [7, 11) is 0. The van der Waals surface area contributed by atoms with Gasteiger partial charge in [-0.1, -0.05) is 37.2 Å². The fourth-order valence-electron chi connectivity index (χ4n) is 2.17. The smallest absolute Gasteiger partial charge is 0.257 e. The maximum Gasteiger partial charge on any atom is 0.257 e. The highest BCUT2D eigenvalue weighted by molar-refractivity contribution is 7.15. The number of hydrogen-bond donors (Lipinski definition) is 1. The Balaban J connectivity index is 1.66. The predicted octanol–water partition coefficient (Wildman–Crippen LogP) is 2.50. The Morgan fingerprint density at radius 3 is 3.00 bits per heavy atom. The zero-order valence-electron chi connectivity index (χ0n) is 13.2. The highest BCUT2D eigenvalue weighted by Crippen LogP contribution is 2.19. The molecule has 0 aliphatic rings. The first kappa shape index (κ1) is 16.2. The van der Waals surface area contributed by atoms with Crippen LogP contribution >= 0.6 is 11.3 Å². The van der Waals surface area contributed by atoms with E-state index in [4.69, 9.17) is 0 Å². The van der Waals surface area contributed by atoms with E-state index < -0.39 is 0 Å². The molecule has 0 atom stereocenters. The van der Waals surface area contributed by atoms with Crippen LogP contribution in [0.1, 0.15) is 41.6 Å². The number of rotatable bonds is 7. The third kappa shape index (κ3) is 3.99. The van der Waals surface area contributed by atoms with Crippen LogP contribution in [0.5, 0.6) is 0 Å². The van der Waals surface area contributed by atoms with E-state index in [2.05, 4.69) is 38.0 Å². The lowest BCUT2D eigenvalue weighted by Gasteiger charge is -2.04. The number of nitrogens with one attached hydrogen (secondary N) is 1. The maximum absolute atomic E-state index is 12.4. The van der Waals surface area contributed by atoms with Gasteiger partial charge in [0.15, 0.2) is 0 Å². The zero-order chi connectivity index (χ0) is 16.8. The lowest BCUT2D eigenvalue weighted by molar-refractivity contribution is 0.102. The van der Waals surface area contributed by atoms with E-state index in [1.54, 1.807) is 18.2 Å².